The van der Waals surface area contributed by atoms with E-state index < -0.39 is 23.4 Å². The Morgan fingerprint density at radius 2 is 1.92 bits per heavy atom. The number of halogens is 1. The Bertz CT molecular complexity index is 821. The zero-order chi connectivity index (χ0) is 18.2. The molecule has 0 atom stereocenters. The number of amides is 1. The first-order chi connectivity index (χ1) is 12.0. The van der Waals surface area contributed by atoms with E-state index in [-0.39, 0.29) is 16.4 Å². The molecule has 0 heterocycles. The maximum absolute atomic E-state index is 11.8. The molecule has 0 aromatic heterocycles. The second-order valence-electron chi connectivity index (χ2n) is 4.82. The quantitative estimate of drug-likeness (QED) is 0.368. The van der Waals surface area contributed by atoms with Crippen LogP contribution >= 0.6 is 11.6 Å². The summed E-state index contributed by atoms with van der Waals surface area (Å²) in [4.78, 5) is 33.6. The Balaban J connectivity index is 1.90. The number of nitro benzene ring substituents is 1. The Morgan fingerprint density at radius 1 is 1.20 bits per heavy atom. The van der Waals surface area contributed by atoms with Crippen LogP contribution in [0.3, 0.4) is 0 Å². The highest BCUT2D eigenvalue weighted by atomic mass is 35.5. The molecule has 0 spiro atoms. The van der Waals surface area contributed by atoms with E-state index in [4.69, 9.17) is 16.3 Å². The third kappa shape index (κ3) is 5.74. The van der Waals surface area contributed by atoms with Crippen LogP contribution in [-0.2, 0) is 14.3 Å². The maximum atomic E-state index is 11.8. The van der Waals surface area contributed by atoms with Gasteiger partial charge in [-0.2, -0.15) is 0 Å². The fourth-order valence-corrected chi connectivity index (χ4v) is 2.03. The number of nitro groups is 1. The molecule has 0 aliphatic rings. The van der Waals surface area contributed by atoms with Crippen LogP contribution in [0, 0.1) is 10.1 Å². The van der Waals surface area contributed by atoms with Gasteiger partial charge >= 0.3 is 5.97 Å². The number of benzene rings is 2. The van der Waals surface area contributed by atoms with Crippen LogP contribution in [0.2, 0.25) is 5.02 Å². The SMILES string of the molecule is O=C(COC(=O)/C=C/c1ccccc1)Nc1ccc(Cl)cc1[N+](=O)[O-]. The number of rotatable bonds is 6. The average molecular weight is 361 g/mol. The first-order valence-electron chi connectivity index (χ1n) is 7.09. The van der Waals surface area contributed by atoms with Gasteiger partial charge in [0.05, 0.1) is 4.92 Å². The molecule has 2 aromatic rings. The number of nitrogens with zero attached hydrogens (tertiary/aromatic N) is 1. The largest absolute Gasteiger partial charge is 0.452 e. The van der Waals surface area contributed by atoms with Gasteiger partial charge in [0.15, 0.2) is 6.61 Å². The topological polar surface area (TPSA) is 98.5 Å². The highest BCUT2D eigenvalue weighted by molar-refractivity contribution is 6.31. The van der Waals surface area contributed by atoms with Gasteiger partial charge in [-0.1, -0.05) is 41.9 Å². The van der Waals surface area contributed by atoms with Crippen LogP contribution in [0.5, 0.6) is 0 Å². The standard InChI is InChI=1S/C17H13ClN2O5/c18-13-7-8-14(15(10-13)20(23)24)19-16(21)11-25-17(22)9-6-12-4-2-1-3-5-12/h1-10H,11H2,(H,19,21)/b9-6+. The van der Waals surface area contributed by atoms with Crippen LogP contribution < -0.4 is 5.32 Å². The molecule has 2 aromatic carbocycles. The zero-order valence-electron chi connectivity index (χ0n) is 12.8. The fraction of sp³-hybridized carbons (Fsp3) is 0.0588. The number of esters is 1. The number of hydrogen-bond donors (Lipinski definition) is 1. The number of ether oxygens (including phenoxy) is 1. The van der Waals surface area contributed by atoms with Crippen LogP contribution in [0.15, 0.2) is 54.6 Å². The minimum atomic E-state index is -0.704. The zero-order valence-corrected chi connectivity index (χ0v) is 13.6. The van der Waals surface area contributed by atoms with Gasteiger partial charge < -0.3 is 10.1 Å². The average Bonchev–Trinajstić information content (AvgIpc) is 2.60. The molecule has 128 valence electrons. The van der Waals surface area contributed by atoms with Gasteiger partial charge in [0.1, 0.15) is 5.69 Å². The minimum absolute atomic E-state index is 0.0322. The first kappa shape index (κ1) is 18.2. The van der Waals surface area contributed by atoms with E-state index in [0.29, 0.717) is 0 Å². The van der Waals surface area contributed by atoms with Crippen LogP contribution in [0.4, 0.5) is 11.4 Å². The number of carbonyl (C=O) groups is 2. The van der Waals surface area contributed by atoms with Crippen molar-refractivity contribution in [1.82, 2.24) is 0 Å². The van der Waals surface area contributed by atoms with Gasteiger partial charge in [-0.25, -0.2) is 4.79 Å². The maximum Gasteiger partial charge on any atom is 0.331 e. The van der Waals surface area contributed by atoms with E-state index in [2.05, 4.69) is 5.32 Å². The molecule has 0 aliphatic carbocycles. The highest BCUT2D eigenvalue weighted by Gasteiger charge is 2.17. The summed E-state index contributed by atoms with van der Waals surface area (Å²) in [7, 11) is 0. The summed E-state index contributed by atoms with van der Waals surface area (Å²) in [5.41, 5.74) is 0.423. The second kappa shape index (κ2) is 8.60. The van der Waals surface area contributed by atoms with Crippen molar-refractivity contribution in [3.05, 3.63) is 75.3 Å². The number of carbonyl (C=O) groups excluding carboxylic acids is 2. The summed E-state index contributed by atoms with van der Waals surface area (Å²) in [6.07, 6.45) is 2.73. The van der Waals surface area contributed by atoms with Crippen molar-refractivity contribution in [3.8, 4) is 0 Å². The van der Waals surface area contributed by atoms with E-state index in [0.717, 1.165) is 11.6 Å². The first-order valence-corrected chi connectivity index (χ1v) is 7.47. The van der Waals surface area contributed by atoms with Crippen LogP contribution in [0.25, 0.3) is 6.08 Å². The predicted molar refractivity (Wildman–Crippen MR) is 93.2 cm³/mol. The van der Waals surface area contributed by atoms with Crippen molar-refractivity contribution in [1.29, 1.82) is 0 Å². The van der Waals surface area contributed by atoms with Gasteiger partial charge in [0.2, 0.25) is 0 Å². The molecule has 0 radical (unpaired) electrons. The van der Waals surface area contributed by atoms with Crippen molar-refractivity contribution in [2.45, 2.75) is 0 Å². The summed E-state index contributed by atoms with van der Waals surface area (Å²) in [6.45, 7) is -0.572. The summed E-state index contributed by atoms with van der Waals surface area (Å²) < 4.78 is 4.79. The lowest BCUT2D eigenvalue weighted by Crippen LogP contribution is -2.20. The van der Waals surface area contributed by atoms with Gasteiger partial charge in [-0.05, 0) is 23.8 Å². The fourth-order valence-electron chi connectivity index (χ4n) is 1.86. The lowest BCUT2D eigenvalue weighted by Gasteiger charge is -2.06. The van der Waals surface area contributed by atoms with Crippen molar-refractivity contribution in [2.75, 3.05) is 11.9 Å². The summed E-state index contributed by atoms with van der Waals surface area (Å²) in [5.74, 6) is -1.41. The van der Waals surface area contributed by atoms with E-state index in [1.165, 1.54) is 18.2 Å². The molecule has 1 N–H and O–H groups in total. The van der Waals surface area contributed by atoms with Crippen molar-refractivity contribution in [3.63, 3.8) is 0 Å². The lowest BCUT2D eigenvalue weighted by molar-refractivity contribution is -0.383. The smallest absolute Gasteiger partial charge is 0.331 e. The molecule has 0 fully saturated rings. The van der Waals surface area contributed by atoms with Crippen molar-refractivity contribution >= 4 is 40.9 Å². The molecule has 7 nitrogen and oxygen atoms in total. The van der Waals surface area contributed by atoms with Crippen LogP contribution in [-0.4, -0.2) is 23.4 Å². The second-order valence-corrected chi connectivity index (χ2v) is 5.25. The normalized spacial score (nSPS) is 10.4. The van der Waals surface area contributed by atoms with Crippen molar-refractivity contribution in [2.24, 2.45) is 0 Å². The molecule has 0 unspecified atom stereocenters. The Hall–Kier alpha value is -3.19. The number of nitrogens with one attached hydrogen (secondary N) is 1. The van der Waals surface area contributed by atoms with Gasteiger partial charge in [0, 0.05) is 17.2 Å². The molecular formula is C17H13ClN2O5. The molecule has 8 heteroatoms. The predicted octanol–water partition coefficient (Wildman–Crippen LogP) is 3.44. The molecule has 2 rings (SSSR count). The summed E-state index contributed by atoms with van der Waals surface area (Å²) in [6, 6.07) is 12.9. The molecule has 25 heavy (non-hydrogen) atoms. The molecule has 0 bridgehead atoms. The van der Waals surface area contributed by atoms with Gasteiger partial charge in [0.25, 0.3) is 11.6 Å². The van der Waals surface area contributed by atoms with Crippen LogP contribution in [0.1, 0.15) is 5.56 Å². The lowest BCUT2D eigenvalue weighted by atomic mass is 10.2. The Kier molecular flexibility index (Phi) is 6.25. The summed E-state index contributed by atoms with van der Waals surface area (Å²) >= 11 is 5.69. The Labute approximate surface area is 148 Å². The molecule has 0 saturated carbocycles. The third-order valence-electron chi connectivity index (χ3n) is 2.99. The number of anilines is 1. The Morgan fingerprint density at radius 3 is 2.60 bits per heavy atom. The molecule has 0 saturated heterocycles. The van der Waals surface area contributed by atoms with E-state index in [9.17, 15) is 19.7 Å². The van der Waals surface area contributed by atoms with E-state index in [1.807, 2.05) is 18.2 Å². The highest BCUT2D eigenvalue weighted by Crippen LogP contribution is 2.27. The molecular weight excluding hydrogens is 348 g/mol. The van der Waals surface area contributed by atoms with Gasteiger partial charge in [-0.3, -0.25) is 14.9 Å². The van der Waals surface area contributed by atoms with E-state index in [1.54, 1.807) is 18.2 Å². The molecule has 0 aliphatic heterocycles. The molecule has 1 amide bonds. The van der Waals surface area contributed by atoms with Gasteiger partial charge in [-0.15, -0.1) is 0 Å². The van der Waals surface area contributed by atoms with Crippen molar-refractivity contribution < 1.29 is 19.2 Å². The third-order valence-corrected chi connectivity index (χ3v) is 3.22. The number of hydrogen-bond acceptors (Lipinski definition) is 5. The minimum Gasteiger partial charge on any atom is -0.452 e. The summed E-state index contributed by atoms with van der Waals surface area (Å²) in [5, 5.41) is 13.4. The van der Waals surface area contributed by atoms with E-state index >= 15 is 0 Å². The monoisotopic (exact) mass is 360 g/mol.